The Morgan fingerprint density at radius 1 is 0.773 bits per heavy atom. The molecule has 0 aliphatic heterocycles. The standard InChI is InChI=1S/C21H22O/c1-16-2-10-19(11-3-16)20-12-6-17(7-13-20)4-5-18-8-14-21(22)15-9-18/h6-9,12-16,19,22H,2-3,10-11H2,1H3. The molecule has 0 unspecified atom stereocenters. The van der Waals surface area contributed by atoms with Gasteiger partial charge >= 0.3 is 0 Å². The number of phenolic OH excluding ortho intramolecular Hbond substituents is 1. The molecule has 0 aromatic heterocycles. The van der Waals surface area contributed by atoms with Crippen molar-refractivity contribution in [3.8, 4) is 17.6 Å². The highest BCUT2D eigenvalue weighted by molar-refractivity contribution is 5.44. The predicted octanol–water partition coefficient (Wildman–Crippen LogP) is 5.09. The zero-order chi connectivity index (χ0) is 15.4. The predicted molar refractivity (Wildman–Crippen MR) is 90.9 cm³/mol. The molecule has 112 valence electrons. The lowest BCUT2D eigenvalue weighted by atomic mass is 9.79. The number of phenols is 1. The van der Waals surface area contributed by atoms with Crippen LogP contribution in [0.2, 0.25) is 0 Å². The lowest BCUT2D eigenvalue weighted by Crippen LogP contribution is -2.10. The maximum Gasteiger partial charge on any atom is 0.115 e. The largest absolute Gasteiger partial charge is 0.508 e. The van der Waals surface area contributed by atoms with Crippen molar-refractivity contribution < 1.29 is 5.11 Å². The van der Waals surface area contributed by atoms with Crippen LogP contribution in [0, 0.1) is 17.8 Å². The lowest BCUT2D eigenvalue weighted by Gasteiger charge is -2.26. The van der Waals surface area contributed by atoms with Gasteiger partial charge in [-0.3, -0.25) is 0 Å². The molecule has 1 heteroatoms. The second kappa shape index (κ2) is 6.71. The molecule has 0 atom stereocenters. The first kappa shape index (κ1) is 14.7. The van der Waals surface area contributed by atoms with Crippen LogP contribution in [-0.2, 0) is 0 Å². The van der Waals surface area contributed by atoms with Crippen molar-refractivity contribution in [3.05, 3.63) is 65.2 Å². The maximum absolute atomic E-state index is 9.26. The maximum atomic E-state index is 9.26. The van der Waals surface area contributed by atoms with E-state index >= 15 is 0 Å². The van der Waals surface area contributed by atoms with Crippen molar-refractivity contribution in [1.29, 1.82) is 0 Å². The minimum atomic E-state index is 0.275. The van der Waals surface area contributed by atoms with Gasteiger partial charge in [-0.2, -0.15) is 0 Å². The molecule has 0 heterocycles. The van der Waals surface area contributed by atoms with Gasteiger partial charge in [0.2, 0.25) is 0 Å². The molecule has 1 saturated carbocycles. The van der Waals surface area contributed by atoms with Crippen LogP contribution < -0.4 is 0 Å². The Kier molecular flexibility index (Phi) is 4.49. The topological polar surface area (TPSA) is 20.2 Å². The van der Waals surface area contributed by atoms with E-state index < -0.39 is 0 Å². The smallest absolute Gasteiger partial charge is 0.115 e. The van der Waals surface area contributed by atoms with Crippen molar-refractivity contribution in [2.24, 2.45) is 5.92 Å². The van der Waals surface area contributed by atoms with Gasteiger partial charge in [-0.1, -0.05) is 43.7 Å². The van der Waals surface area contributed by atoms with E-state index in [4.69, 9.17) is 0 Å². The van der Waals surface area contributed by atoms with Gasteiger partial charge in [-0.05, 0) is 66.6 Å². The van der Waals surface area contributed by atoms with Gasteiger partial charge in [-0.15, -0.1) is 0 Å². The fourth-order valence-corrected chi connectivity index (χ4v) is 3.12. The van der Waals surface area contributed by atoms with Crippen LogP contribution in [0.25, 0.3) is 0 Å². The fraction of sp³-hybridized carbons (Fsp3) is 0.333. The Labute approximate surface area is 133 Å². The van der Waals surface area contributed by atoms with Crippen molar-refractivity contribution in [2.45, 2.75) is 38.5 Å². The van der Waals surface area contributed by atoms with E-state index in [1.807, 2.05) is 12.1 Å². The zero-order valence-electron chi connectivity index (χ0n) is 13.0. The molecule has 1 N–H and O–H groups in total. The van der Waals surface area contributed by atoms with Crippen LogP contribution in [-0.4, -0.2) is 5.11 Å². The molecule has 1 fully saturated rings. The first-order chi connectivity index (χ1) is 10.7. The summed E-state index contributed by atoms with van der Waals surface area (Å²) >= 11 is 0. The van der Waals surface area contributed by atoms with Crippen molar-refractivity contribution >= 4 is 0 Å². The molecule has 0 spiro atoms. The Morgan fingerprint density at radius 3 is 1.82 bits per heavy atom. The summed E-state index contributed by atoms with van der Waals surface area (Å²) in [6.07, 6.45) is 5.35. The Bertz CT molecular complexity index is 663. The van der Waals surface area contributed by atoms with Gasteiger partial charge in [0.15, 0.2) is 0 Å². The monoisotopic (exact) mass is 290 g/mol. The molecular weight excluding hydrogens is 268 g/mol. The third-order valence-corrected chi connectivity index (χ3v) is 4.62. The molecule has 1 aliphatic rings. The van der Waals surface area contributed by atoms with E-state index in [2.05, 4.69) is 43.0 Å². The molecule has 0 amide bonds. The number of benzene rings is 2. The summed E-state index contributed by atoms with van der Waals surface area (Å²) in [6.45, 7) is 2.36. The summed E-state index contributed by atoms with van der Waals surface area (Å²) in [4.78, 5) is 0. The van der Waals surface area contributed by atoms with Crippen molar-refractivity contribution in [2.75, 3.05) is 0 Å². The average molecular weight is 290 g/mol. The first-order valence-corrected chi connectivity index (χ1v) is 8.12. The highest BCUT2D eigenvalue weighted by Gasteiger charge is 2.19. The van der Waals surface area contributed by atoms with Crippen LogP contribution in [0.3, 0.4) is 0 Å². The Balaban J connectivity index is 1.68. The summed E-state index contributed by atoms with van der Waals surface area (Å²) in [5.74, 6) is 8.22. The van der Waals surface area contributed by atoms with E-state index in [0.29, 0.717) is 0 Å². The second-order valence-corrected chi connectivity index (χ2v) is 6.38. The number of rotatable bonds is 1. The highest BCUT2D eigenvalue weighted by atomic mass is 16.3. The number of hydrogen-bond donors (Lipinski definition) is 1. The molecular formula is C21H22O. The molecule has 2 aromatic carbocycles. The van der Waals surface area contributed by atoms with E-state index in [1.165, 1.54) is 31.2 Å². The summed E-state index contributed by atoms with van der Waals surface area (Å²) < 4.78 is 0. The minimum absolute atomic E-state index is 0.275. The number of aromatic hydroxyl groups is 1. The van der Waals surface area contributed by atoms with Gasteiger partial charge in [0.05, 0.1) is 0 Å². The number of hydrogen-bond acceptors (Lipinski definition) is 1. The molecule has 22 heavy (non-hydrogen) atoms. The summed E-state index contributed by atoms with van der Waals surface area (Å²) in [7, 11) is 0. The third kappa shape index (κ3) is 3.71. The van der Waals surface area contributed by atoms with Crippen LogP contribution in [0.15, 0.2) is 48.5 Å². The zero-order valence-corrected chi connectivity index (χ0v) is 13.0. The molecule has 3 rings (SSSR count). The third-order valence-electron chi connectivity index (χ3n) is 4.62. The van der Waals surface area contributed by atoms with Gasteiger partial charge in [0.1, 0.15) is 5.75 Å². The van der Waals surface area contributed by atoms with Crippen LogP contribution in [0.5, 0.6) is 5.75 Å². The van der Waals surface area contributed by atoms with Gasteiger partial charge in [0.25, 0.3) is 0 Å². The molecule has 0 saturated heterocycles. The van der Waals surface area contributed by atoms with Crippen molar-refractivity contribution in [3.63, 3.8) is 0 Å². The molecule has 2 aromatic rings. The summed E-state index contributed by atoms with van der Waals surface area (Å²) in [6, 6.07) is 15.7. The van der Waals surface area contributed by atoms with Crippen LogP contribution >= 0.6 is 0 Å². The lowest BCUT2D eigenvalue weighted by molar-refractivity contribution is 0.348. The SMILES string of the molecule is CC1CCC(c2ccc(C#Cc3ccc(O)cc3)cc2)CC1. The van der Waals surface area contributed by atoms with Crippen molar-refractivity contribution in [1.82, 2.24) is 0 Å². The first-order valence-electron chi connectivity index (χ1n) is 8.12. The molecule has 0 radical (unpaired) electrons. The Hall–Kier alpha value is -2.20. The van der Waals surface area contributed by atoms with E-state index in [0.717, 1.165) is 23.0 Å². The fourth-order valence-electron chi connectivity index (χ4n) is 3.12. The van der Waals surface area contributed by atoms with Gasteiger partial charge < -0.3 is 5.11 Å². The average Bonchev–Trinajstić information content (AvgIpc) is 2.56. The van der Waals surface area contributed by atoms with E-state index in [9.17, 15) is 5.11 Å². The normalized spacial score (nSPS) is 21.0. The van der Waals surface area contributed by atoms with Crippen LogP contribution in [0.4, 0.5) is 0 Å². The summed E-state index contributed by atoms with van der Waals surface area (Å²) in [5, 5.41) is 9.26. The summed E-state index contributed by atoms with van der Waals surface area (Å²) in [5.41, 5.74) is 3.42. The second-order valence-electron chi connectivity index (χ2n) is 6.38. The van der Waals surface area contributed by atoms with Crippen LogP contribution in [0.1, 0.15) is 55.2 Å². The van der Waals surface area contributed by atoms with E-state index in [1.54, 1.807) is 12.1 Å². The van der Waals surface area contributed by atoms with E-state index in [-0.39, 0.29) is 5.75 Å². The quantitative estimate of drug-likeness (QED) is 0.726. The molecule has 1 nitrogen and oxygen atoms in total. The van der Waals surface area contributed by atoms with Gasteiger partial charge in [0, 0.05) is 11.1 Å². The van der Waals surface area contributed by atoms with Gasteiger partial charge in [-0.25, -0.2) is 0 Å². The minimum Gasteiger partial charge on any atom is -0.508 e. The molecule has 1 aliphatic carbocycles. The molecule has 0 bridgehead atoms. The highest BCUT2D eigenvalue weighted by Crippen LogP contribution is 2.35. The Morgan fingerprint density at radius 2 is 1.27 bits per heavy atom.